The Hall–Kier alpha value is -1.39. The number of carbonyl (C=O) groups excluding carboxylic acids is 1. The number of likely N-dealkylation sites (tertiary alicyclic amines) is 1. The highest BCUT2D eigenvalue weighted by Crippen LogP contribution is 2.23. The van der Waals surface area contributed by atoms with Gasteiger partial charge in [-0.3, -0.25) is 9.69 Å². The maximum atomic E-state index is 12.8. The number of hydrogen-bond donors (Lipinski definition) is 0. The van der Waals surface area contributed by atoms with Gasteiger partial charge in [0.05, 0.1) is 12.2 Å². The Bertz CT molecular complexity index is 533. The van der Waals surface area contributed by atoms with Gasteiger partial charge in [-0.25, -0.2) is 0 Å². The molecular weight excluding hydrogens is 288 g/mol. The van der Waals surface area contributed by atoms with Gasteiger partial charge in [-0.15, -0.1) is 0 Å². The Morgan fingerprint density at radius 1 is 1.17 bits per heavy atom. The first-order chi connectivity index (χ1) is 11.0. The van der Waals surface area contributed by atoms with Crippen LogP contribution in [0, 0.1) is 6.92 Å². The highest BCUT2D eigenvalue weighted by molar-refractivity contribution is 5.94. The molecule has 3 unspecified atom stereocenters. The lowest BCUT2D eigenvalue weighted by atomic mass is 10.1. The van der Waals surface area contributed by atoms with Gasteiger partial charge in [0.25, 0.3) is 5.91 Å². The molecule has 0 aromatic heterocycles. The molecule has 3 rings (SSSR count). The summed E-state index contributed by atoms with van der Waals surface area (Å²) in [5.41, 5.74) is 2.00. The molecule has 4 nitrogen and oxygen atoms in total. The highest BCUT2D eigenvalue weighted by atomic mass is 16.5. The van der Waals surface area contributed by atoms with Gasteiger partial charge in [0.1, 0.15) is 0 Å². The molecule has 1 amide bonds. The standard InChI is InChI=1S/C19H28N2O2/c1-14-6-8-17(9-7-14)19(22)21-10-4-5-18(21)13-20-11-15(2)23-16(3)12-20/h6-9,15-16,18H,4-5,10-13H2,1-3H3. The summed E-state index contributed by atoms with van der Waals surface area (Å²) in [5, 5.41) is 0. The van der Waals surface area contributed by atoms with E-state index in [1.165, 1.54) is 5.56 Å². The van der Waals surface area contributed by atoms with Crippen LogP contribution in [0.2, 0.25) is 0 Å². The van der Waals surface area contributed by atoms with Crippen LogP contribution in [0.1, 0.15) is 42.6 Å². The molecule has 0 radical (unpaired) electrons. The number of ether oxygens (including phenoxy) is 1. The molecule has 23 heavy (non-hydrogen) atoms. The van der Waals surface area contributed by atoms with Crippen LogP contribution >= 0.6 is 0 Å². The first-order valence-corrected chi connectivity index (χ1v) is 8.78. The number of morpholine rings is 1. The average molecular weight is 316 g/mol. The molecule has 3 atom stereocenters. The Kier molecular flexibility index (Phi) is 5.02. The summed E-state index contributed by atoms with van der Waals surface area (Å²) in [6.45, 7) is 10.1. The average Bonchev–Trinajstić information content (AvgIpc) is 2.94. The second-order valence-corrected chi connectivity index (χ2v) is 7.14. The van der Waals surface area contributed by atoms with Gasteiger partial charge in [0.2, 0.25) is 0 Å². The lowest BCUT2D eigenvalue weighted by Gasteiger charge is -2.38. The van der Waals surface area contributed by atoms with Crippen molar-refractivity contribution in [3.8, 4) is 0 Å². The van der Waals surface area contributed by atoms with Crippen LogP contribution in [-0.4, -0.2) is 60.1 Å². The molecule has 1 aromatic carbocycles. The van der Waals surface area contributed by atoms with Crippen molar-refractivity contribution in [1.82, 2.24) is 9.80 Å². The zero-order valence-corrected chi connectivity index (χ0v) is 14.5. The Morgan fingerprint density at radius 3 is 2.48 bits per heavy atom. The molecule has 0 saturated carbocycles. The first-order valence-electron chi connectivity index (χ1n) is 8.78. The van der Waals surface area contributed by atoms with E-state index in [2.05, 4.69) is 23.6 Å². The van der Waals surface area contributed by atoms with Crippen molar-refractivity contribution in [2.75, 3.05) is 26.2 Å². The van der Waals surface area contributed by atoms with E-state index >= 15 is 0 Å². The largest absolute Gasteiger partial charge is 0.373 e. The van der Waals surface area contributed by atoms with E-state index in [1.807, 2.05) is 31.2 Å². The molecule has 2 fully saturated rings. The van der Waals surface area contributed by atoms with Crippen LogP contribution in [0.4, 0.5) is 0 Å². The summed E-state index contributed by atoms with van der Waals surface area (Å²) in [6.07, 6.45) is 2.78. The van der Waals surface area contributed by atoms with Crippen LogP contribution < -0.4 is 0 Å². The van der Waals surface area contributed by atoms with E-state index in [9.17, 15) is 4.79 Å². The number of carbonyl (C=O) groups is 1. The van der Waals surface area contributed by atoms with Gasteiger partial charge in [0.15, 0.2) is 0 Å². The van der Waals surface area contributed by atoms with E-state index in [0.29, 0.717) is 6.04 Å². The predicted octanol–water partition coefficient (Wildman–Crippen LogP) is 2.71. The van der Waals surface area contributed by atoms with Gasteiger partial charge in [-0.1, -0.05) is 17.7 Å². The minimum atomic E-state index is 0.182. The van der Waals surface area contributed by atoms with Crippen molar-refractivity contribution in [1.29, 1.82) is 0 Å². The summed E-state index contributed by atoms with van der Waals surface area (Å²) in [4.78, 5) is 17.4. The van der Waals surface area contributed by atoms with Gasteiger partial charge >= 0.3 is 0 Å². The molecular formula is C19H28N2O2. The Balaban J connectivity index is 1.65. The van der Waals surface area contributed by atoms with Crippen molar-refractivity contribution >= 4 is 5.91 Å². The fraction of sp³-hybridized carbons (Fsp3) is 0.632. The van der Waals surface area contributed by atoms with Crippen LogP contribution in [0.15, 0.2) is 24.3 Å². The van der Waals surface area contributed by atoms with Crippen molar-refractivity contribution in [2.24, 2.45) is 0 Å². The molecule has 1 aromatic rings. The maximum absolute atomic E-state index is 12.8. The molecule has 0 aliphatic carbocycles. The molecule has 0 N–H and O–H groups in total. The summed E-state index contributed by atoms with van der Waals surface area (Å²) in [6, 6.07) is 8.27. The van der Waals surface area contributed by atoms with Crippen LogP contribution in [0.5, 0.6) is 0 Å². The van der Waals surface area contributed by atoms with Gasteiger partial charge < -0.3 is 9.64 Å². The molecule has 0 spiro atoms. The van der Waals surface area contributed by atoms with Gasteiger partial charge in [-0.2, -0.15) is 0 Å². The monoisotopic (exact) mass is 316 g/mol. The minimum absolute atomic E-state index is 0.182. The number of amides is 1. The molecule has 2 aliphatic heterocycles. The molecule has 2 aliphatic rings. The van der Waals surface area contributed by atoms with Gasteiger partial charge in [0, 0.05) is 37.8 Å². The lowest BCUT2D eigenvalue weighted by molar-refractivity contribution is -0.0715. The normalized spacial score (nSPS) is 29.0. The highest BCUT2D eigenvalue weighted by Gasteiger charge is 2.32. The molecule has 2 heterocycles. The van der Waals surface area contributed by atoms with Crippen molar-refractivity contribution in [3.63, 3.8) is 0 Å². The summed E-state index contributed by atoms with van der Waals surface area (Å²) in [7, 11) is 0. The van der Waals surface area contributed by atoms with E-state index in [0.717, 1.165) is 44.6 Å². The molecule has 2 saturated heterocycles. The van der Waals surface area contributed by atoms with E-state index < -0.39 is 0 Å². The number of benzene rings is 1. The van der Waals surface area contributed by atoms with E-state index in [-0.39, 0.29) is 18.1 Å². The van der Waals surface area contributed by atoms with E-state index in [1.54, 1.807) is 0 Å². The fourth-order valence-corrected chi connectivity index (χ4v) is 3.89. The third-order valence-corrected chi connectivity index (χ3v) is 4.90. The lowest BCUT2D eigenvalue weighted by Crippen LogP contribution is -2.50. The number of rotatable bonds is 3. The van der Waals surface area contributed by atoms with Gasteiger partial charge in [-0.05, 0) is 45.7 Å². The van der Waals surface area contributed by atoms with Crippen molar-refractivity contribution in [2.45, 2.75) is 51.9 Å². The third-order valence-electron chi connectivity index (χ3n) is 4.90. The number of hydrogen-bond acceptors (Lipinski definition) is 3. The Morgan fingerprint density at radius 2 is 1.83 bits per heavy atom. The molecule has 0 bridgehead atoms. The summed E-state index contributed by atoms with van der Waals surface area (Å²) in [5.74, 6) is 0.182. The van der Waals surface area contributed by atoms with Crippen LogP contribution in [0.3, 0.4) is 0 Å². The smallest absolute Gasteiger partial charge is 0.254 e. The van der Waals surface area contributed by atoms with Crippen molar-refractivity contribution < 1.29 is 9.53 Å². The quantitative estimate of drug-likeness (QED) is 0.859. The SMILES string of the molecule is Cc1ccc(C(=O)N2CCCC2CN2CC(C)OC(C)C2)cc1. The zero-order chi connectivity index (χ0) is 16.4. The number of nitrogens with zero attached hydrogens (tertiary/aromatic N) is 2. The van der Waals surface area contributed by atoms with Crippen LogP contribution in [-0.2, 0) is 4.74 Å². The predicted molar refractivity (Wildman–Crippen MR) is 91.7 cm³/mol. The Labute approximate surface area is 139 Å². The van der Waals surface area contributed by atoms with Crippen LogP contribution in [0.25, 0.3) is 0 Å². The maximum Gasteiger partial charge on any atom is 0.254 e. The fourth-order valence-electron chi connectivity index (χ4n) is 3.89. The topological polar surface area (TPSA) is 32.8 Å². The zero-order valence-electron chi connectivity index (χ0n) is 14.5. The summed E-state index contributed by atoms with van der Waals surface area (Å²) < 4.78 is 5.81. The minimum Gasteiger partial charge on any atom is -0.373 e. The number of aryl methyl sites for hydroxylation is 1. The van der Waals surface area contributed by atoms with Crippen molar-refractivity contribution in [3.05, 3.63) is 35.4 Å². The molecule has 126 valence electrons. The summed E-state index contributed by atoms with van der Waals surface area (Å²) >= 11 is 0. The first kappa shape index (κ1) is 16.5. The second kappa shape index (κ2) is 7.02. The third kappa shape index (κ3) is 3.93. The van der Waals surface area contributed by atoms with E-state index in [4.69, 9.17) is 4.74 Å². The second-order valence-electron chi connectivity index (χ2n) is 7.14. The molecule has 4 heteroatoms.